The number of aromatic carboxylic acids is 1. The van der Waals surface area contributed by atoms with E-state index in [0.717, 1.165) is 82.1 Å². The van der Waals surface area contributed by atoms with Gasteiger partial charge in [-0.15, -0.1) is 0 Å². The van der Waals surface area contributed by atoms with E-state index in [4.69, 9.17) is 4.74 Å². The Hall–Kier alpha value is -7.94. The monoisotopic (exact) mass is 995 g/mol. The molecular formula is C56H53N9O7S. The molecule has 1 saturated carbocycles. The van der Waals surface area contributed by atoms with Crippen LogP contribution < -0.4 is 25.6 Å². The van der Waals surface area contributed by atoms with Crippen molar-refractivity contribution in [1.82, 2.24) is 30.0 Å². The summed E-state index contributed by atoms with van der Waals surface area (Å²) in [6, 6.07) is 28.2. The van der Waals surface area contributed by atoms with Crippen LogP contribution in [0.2, 0.25) is 0 Å². The summed E-state index contributed by atoms with van der Waals surface area (Å²) in [5.74, 6) is 3.27. The fourth-order valence-corrected chi connectivity index (χ4v) is 11.6. The molecule has 3 aromatic heterocycles. The summed E-state index contributed by atoms with van der Waals surface area (Å²) in [5.41, 5.74) is 7.44. The predicted molar refractivity (Wildman–Crippen MR) is 278 cm³/mol. The van der Waals surface area contributed by atoms with Crippen molar-refractivity contribution >= 4 is 78.7 Å². The van der Waals surface area contributed by atoms with E-state index < -0.39 is 11.9 Å². The normalized spacial score (nSPS) is 18.9. The number of fused-ring (bicyclic) bond motifs is 3. The molecule has 3 atom stereocenters. The second-order valence-corrected chi connectivity index (χ2v) is 20.6. The second-order valence-electron chi connectivity index (χ2n) is 19.6. The summed E-state index contributed by atoms with van der Waals surface area (Å²) < 4.78 is 8.59. The quantitative estimate of drug-likeness (QED) is 0.0675. The van der Waals surface area contributed by atoms with Gasteiger partial charge in [0.05, 0.1) is 33.9 Å². The van der Waals surface area contributed by atoms with Crippen LogP contribution in [0.4, 0.5) is 16.6 Å². The molecule has 4 amide bonds. The Labute approximate surface area is 425 Å². The summed E-state index contributed by atoms with van der Waals surface area (Å²) in [6.45, 7) is 4.94. The number of amides is 4. The van der Waals surface area contributed by atoms with E-state index in [-0.39, 0.29) is 41.7 Å². The van der Waals surface area contributed by atoms with Crippen molar-refractivity contribution in [3.63, 3.8) is 0 Å². The lowest BCUT2D eigenvalue weighted by Crippen LogP contribution is -2.39. The molecular weight excluding hydrogens is 943 g/mol. The van der Waals surface area contributed by atoms with Gasteiger partial charge in [0.2, 0.25) is 17.7 Å². The number of thiazole rings is 1. The number of carbonyl (C=O) groups excluding carboxylic acids is 4. The number of benzene rings is 4. The second kappa shape index (κ2) is 19.9. The minimum atomic E-state index is -1.13. The van der Waals surface area contributed by atoms with Gasteiger partial charge in [-0.25, -0.2) is 14.8 Å². The van der Waals surface area contributed by atoms with Gasteiger partial charge in [0.25, 0.3) is 5.91 Å². The maximum absolute atomic E-state index is 13.6. The lowest BCUT2D eigenvalue weighted by Gasteiger charge is -2.31. The Morgan fingerprint density at radius 3 is 2.55 bits per heavy atom. The van der Waals surface area contributed by atoms with E-state index in [1.54, 1.807) is 16.8 Å². The number of carboxylic acid groups (broad SMARTS) is 1. The van der Waals surface area contributed by atoms with Crippen molar-refractivity contribution in [1.29, 1.82) is 0 Å². The van der Waals surface area contributed by atoms with Crippen LogP contribution in [0.1, 0.15) is 87.7 Å². The average molecular weight is 996 g/mol. The molecule has 7 aromatic rings. The molecule has 0 spiro atoms. The zero-order chi connectivity index (χ0) is 50.3. The van der Waals surface area contributed by atoms with Crippen LogP contribution in [0.15, 0.2) is 91.0 Å². The van der Waals surface area contributed by atoms with Gasteiger partial charge in [-0.2, -0.15) is 5.10 Å². The van der Waals surface area contributed by atoms with Crippen molar-refractivity contribution < 1.29 is 33.8 Å². The van der Waals surface area contributed by atoms with Gasteiger partial charge in [0.1, 0.15) is 17.7 Å². The molecule has 4 N–H and O–H groups in total. The van der Waals surface area contributed by atoms with E-state index in [1.807, 2.05) is 97.7 Å². The number of hydrogen-bond acceptors (Lipinski definition) is 12. The topological polar surface area (TPSA) is 201 Å². The number of ether oxygens (including phenoxy) is 1. The number of carboxylic acids is 1. The molecule has 0 bridgehead atoms. The summed E-state index contributed by atoms with van der Waals surface area (Å²) in [4.78, 5) is 77.1. The van der Waals surface area contributed by atoms with Crippen molar-refractivity contribution in [3.05, 3.63) is 125 Å². The largest absolute Gasteiger partial charge is 0.476 e. The van der Waals surface area contributed by atoms with Crippen molar-refractivity contribution in [2.24, 2.45) is 24.8 Å². The molecule has 6 heterocycles. The van der Waals surface area contributed by atoms with Crippen LogP contribution in [-0.2, 0) is 34.4 Å². The lowest BCUT2D eigenvalue weighted by molar-refractivity contribution is -0.134. The highest BCUT2D eigenvalue weighted by Gasteiger charge is 2.38. The van der Waals surface area contributed by atoms with E-state index in [0.29, 0.717) is 83.5 Å². The Bertz CT molecular complexity index is 3410. The first-order valence-electron chi connectivity index (χ1n) is 24.8. The number of nitrogens with zero attached hydrogens (tertiary/aromatic N) is 6. The molecule has 17 heteroatoms. The molecule has 4 aliphatic rings. The lowest BCUT2D eigenvalue weighted by atomic mass is 9.91. The van der Waals surface area contributed by atoms with E-state index in [1.165, 1.54) is 11.3 Å². The Morgan fingerprint density at radius 1 is 0.904 bits per heavy atom. The highest BCUT2D eigenvalue weighted by molar-refractivity contribution is 7.22. The van der Waals surface area contributed by atoms with Gasteiger partial charge in [0.15, 0.2) is 10.8 Å². The highest BCUT2D eigenvalue weighted by Crippen LogP contribution is 2.44. The van der Waals surface area contributed by atoms with E-state index >= 15 is 0 Å². The molecule has 3 fully saturated rings. The fraction of sp³-hybridized carbons (Fsp3) is 0.321. The van der Waals surface area contributed by atoms with Gasteiger partial charge in [0, 0.05) is 54.7 Å². The molecule has 3 unspecified atom stereocenters. The number of likely N-dealkylation sites (tertiary alicyclic amines) is 1. The van der Waals surface area contributed by atoms with Crippen LogP contribution in [0.3, 0.4) is 0 Å². The molecule has 2 saturated heterocycles. The molecule has 0 radical (unpaired) electrons. The number of imide groups is 1. The zero-order valence-corrected chi connectivity index (χ0v) is 41.3. The smallest absolute Gasteiger partial charge is 0.355 e. The Balaban J connectivity index is 0.650. The van der Waals surface area contributed by atoms with Crippen LogP contribution in [0, 0.1) is 36.7 Å². The Kier molecular flexibility index (Phi) is 12.9. The maximum atomic E-state index is 13.6. The average Bonchev–Trinajstić information content (AvgIpc) is 3.85. The maximum Gasteiger partial charge on any atom is 0.355 e. The summed E-state index contributed by atoms with van der Waals surface area (Å²) in [7, 11) is 1.81. The van der Waals surface area contributed by atoms with Gasteiger partial charge in [-0.1, -0.05) is 47.6 Å². The first-order valence-corrected chi connectivity index (χ1v) is 25.6. The minimum Gasteiger partial charge on any atom is -0.476 e. The van der Waals surface area contributed by atoms with Gasteiger partial charge >= 0.3 is 5.97 Å². The Morgan fingerprint density at radius 2 is 1.74 bits per heavy atom. The number of piperidine rings is 2. The SMILES string of the molecule is Cc1cc(OC#CC2CC2CC2CCN(CC(=O)Nc3ccc4c(C5CCC(=O)NC5=O)nn(C)c4c3)CC2)ccc1-c1ccc(N2CCc3cccc(C(=O)Nc4nc5ccccc5s4)c3C2)nc1C(=O)O. The minimum absolute atomic E-state index is 0.0570. The van der Waals surface area contributed by atoms with Gasteiger partial charge in [-0.3, -0.25) is 39.4 Å². The number of rotatable bonds is 12. The number of para-hydroxylation sites is 1. The number of anilines is 3. The first-order chi connectivity index (χ1) is 35.4. The number of aromatic nitrogens is 4. The van der Waals surface area contributed by atoms with Crippen LogP contribution >= 0.6 is 11.3 Å². The zero-order valence-electron chi connectivity index (χ0n) is 40.4. The molecule has 73 heavy (non-hydrogen) atoms. The molecule has 370 valence electrons. The molecule has 3 aliphatic heterocycles. The van der Waals surface area contributed by atoms with Gasteiger partial charge in [-0.05, 0) is 153 Å². The van der Waals surface area contributed by atoms with Crippen molar-refractivity contribution in [3.8, 4) is 28.9 Å². The number of pyridine rings is 1. The third-order valence-corrected chi connectivity index (χ3v) is 15.7. The number of hydrogen-bond donors (Lipinski definition) is 4. The number of nitrogens with one attached hydrogen (secondary N) is 3. The number of aryl methyl sites for hydroxylation is 2. The van der Waals surface area contributed by atoms with Crippen LogP contribution in [0.25, 0.3) is 32.2 Å². The molecule has 11 rings (SSSR count). The third-order valence-electron chi connectivity index (χ3n) is 14.7. The predicted octanol–water partition coefficient (Wildman–Crippen LogP) is 8.30. The van der Waals surface area contributed by atoms with E-state index in [9.17, 15) is 29.1 Å². The fourth-order valence-electron chi connectivity index (χ4n) is 10.7. The molecule has 4 aromatic carbocycles. The van der Waals surface area contributed by atoms with Crippen molar-refractivity contribution in [2.45, 2.75) is 64.3 Å². The van der Waals surface area contributed by atoms with Crippen molar-refractivity contribution in [2.75, 3.05) is 41.7 Å². The summed E-state index contributed by atoms with van der Waals surface area (Å²) in [6.07, 6.45) is 8.50. The van der Waals surface area contributed by atoms with E-state index in [2.05, 4.69) is 47.9 Å². The highest BCUT2D eigenvalue weighted by atomic mass is 32.1. The molecule has 16 nitrogen and oxygen atoms in total. The number of carbonyl (C=O) groups is 5. The summed E-state index contributed by atoms with van der Waals surface area (Å²) in [5, 5.41) is 24.8. The van der Waals surface area contributed by atoms with Crippen LogP contribution in [0.5, 0.6) is 5.75 Å². The summed E-state index contributed by atoms with van der Waals surface area (Å²) >= 11 is 1.43. The van der Waals surface area contributed by atoms with Gasteiger partial charge < -0.3 is 20.1 Å². The third kappa shape index (κ3) is 10.1. The standard InChI is InChI=1S/C56H53N9O7S/c1-32-26-38(11-13-39(32)40-14-16-48(59-52(40)55(70)71)65-24-20-34-6-5-7-41(44(34)30-65)53(68)61-56-58-45-8-3-4-9-47(45)73-56)72-25-21-35-28-36(35)27-33-18-22-64(23-19-33)31-50(67)57-37-10-12-42-46(29-37)63(2)62-51(42)43-15-17-49(66)60-54(43)69/h3-14,16,26,29,33,35-36,43H,15,17-20,22-24,27-28,30-31H2,1-2H3,(H,57,67)(H,70,71)(H,58,61,68)(H,60,66,69). The van der Waals surface area contributed by atoms with Crippen LogP contribution in [-0.4, -0.2) is 85.5 Å². The molecule has 1 aliphatic carbocycles. The first kappa shape index (κ1) is 47.4.